The van der Waals surface area contributed by atoms with Gasteiger partial charge in [0.05, 0.1) is 0 Å². The SMILES string of the molecule is CC(C(=O)N1CCCCCC1)N1CCCc2c(N)cccc21.Cl. The van der Waals surface area contributed by atoms with E-state index in [0.29, 0.717) is 0 Å². The average molecular weight is 338 g/mol. The number of benzene rings is 1. The van der Waals surface area contributed by atoms with Crippen molar-refractivity contribution in [2.45, 2.75) is 51.5 Å². The van der Waals surface area contributed by atoms with Gasteiger partial charge < -0.3 is 15.5 Å². The molecule has 2 heterocycles. The molecule has 0 saturated carbocycles. The Morgan fingerprint density at radius 3 is 2.48 bits per heavy atom. The van der Waals surface area contributed by atoms with E-state index in [4.69, 9.17) is 5.73 Å². The molecule has 23 heavy (non-hydrogen) atoms. The second-order valence-electron chi connectivity index (χ2n) is 6.56. The number of nitrogens with two attached hydrogens (primary N) is 1. The average Bonchev–Trinajstić information content (AvgIpc) is 2.83. The molecule has 2 aliphatic heterocycles. The van der Waals surface area contributed by atoms with Crippen LogP contribution in [0.1, 0.15) is 44.6 Å². The predicted molar refractivity (Wildman–Crippen MR) is 98.3 cm³/mol. The molecule has 3 rings (SSSR count). The zero-order chi connectivity index (χ0) is 15.5. The van der Waals surface area contributed by atoms with Crippen LogP contribution in [0.5, 0.6) is 0 Å². The van der Waals surface area contributed by atoms with Crippen LogP contribution in [0.4, 0.5) is 11.4 Å². The predicted octanol–water partition coefficient (Wildman–Crippen LogP) is 3.23. The number of rotatable bonds is 2. The molecule has 4 nitrogen and oxygen atoms in total. The van der Waals surface area contributed by atoms with Crippen LogP contribution < -0.4 is 10.6 Å². The Hall–Kier alpha value is -1.42. The summed E-state index contributed by atoms with van der Waals surface area (Å²) in [4.78, 5) is 17.2. The molecular formula is C18H28ClN3O. The molecule has 0 spiro atoms. The summed E-state index contributed by atoms with van der Waals surface area (Å²) in [5, 5.41) is 0. The summed E-state index contributed by atoms with van der Waals surface area (Å²) in [6, 6.07) is 5.97. The third-order valence-electron chi connectivity index (χ3n) is 5.07. The minimum atomic E-state index is -0.0982. The Bertz CT molecular complexity index is 541. The highest BCUT2D eigenvalue weighted by Crippen LogP contribution is 2.33. The Kier molecular flexibility index (Phi) is 6.17. The van der Waals surface area contributed by atoms with E-state index in [2.05, 4.69) is 15.9 Å². The molecule has 2 aliphatic rings. The third-order valence-corrected chi connectivity index (χ3v) is 5.07. The maximum Gasteiger partial charge on any atom is 0.244 e. The normalized spacial score (nSPS) is 19.3. The van der Waals surface area contributed by atoms with Gasteiger partial charge in [0.15, 0.2) is 0 Å². The summed E-state index contributed by atoms with van der Waals surface area (Å²) in [6.45, 7) is 4.82. The van der Waals surface area contributed by atoms with E-state index in [1.807, 2.05) is 19.1 Å². The number of hydrogen-bond acceptors (Lipinski definition) is 3. The number of halogens is 1. The zero-order valence-electron chi connectivity index (χ0n) is 14.0. The van der Waals surface area contributed by atoms with Crippen molar-refractivity contribution in [3.63, 3.8) is 0 Å². The number of anilines is 2. The minimum absolute atomic E-state index is 0. The summed E-state index contributed by atoms with van der Waals surface area (Å²) in [5.74, 6) is 0.275. The molecule has 1 atom stereocenters. The molecule has 0 bridgehead atoms. The summed E-state index contributed by atoms with van der Waals surface area (Å²) < 4.78 is 0. The fourth-order valence-corrected chi connectivity index (χ4v) is 3.77. The van der Waals surface area contributed by atoms with Gasteiger partial charge in [-0.25, -0.2) is 0 Å². The molecule has 5 heteroatoms. The van der Waals surface area contributed by atoms with Gasteiger partial charge in [0.25, 0.3) is 0 Å². The largest absolute Gasteiger partial charge is 0.398 e. The van der Waals surface area contributed by atoms with Crippen molar-refractivity contribution in [3.05, 3.63) is 23.8 Å². The highest BCUT2D eigenvalue weighted by atomic mass is 35.5. The van der Waals surface area contributed by atoms with E-state index in [1.165, 1.54) is 18.4 Å². The van der Waals surface area contributed by atoms with E-state index in [0.717, 1.165) is 56.7 Å². The molecule has 0 aliphatic carbocycles. The molecule has 1 unspecified atom stereocenters. The molecule has 1 fully saturated rings. The van der Waals surface area contributed by atoms with Crippen molar-refractivity contribution in [1.29, 1.82) is 0 Å². The number of likely N-dealkylation sites (tertiary alicyclic amines) is 1. The lowest BCUT2D eigenvalue weighted by molar-refractivity contribution is -0.132. The van der Waals surface area contributed by atoms with E-state index in [9.17, 15) is 4.79 Å². The summed E-state index contributed by atoms with van der Waals surface area (Å²) in [7, 11) is 0. The summed E-state index contributed by atoms with van der Waals surface area (Å²) in [5.41, 5.74) is 9.35. The lowest BCUT2D eigenvalue weighted by atomic mass is 9.98. The van der Waals surface area contributed by atoms with Gasteiger partial charge in [-0.05, 0) is 50.3 Å². The van der Waals surface area contributed by atoms with E-state index >= 15 is 0 Å². The Morgan fingerprint density at radius 1 is 1.09 bits per heavy atom. The van der Waals surface area contributed by atoms with Crippen LogP contribution in [-0.4, -0.2) is 36.5 Å². The van der Waals surface area contributed by atoms with Crippen LogP contribution >= 0.6 is 12.4 Å². The highest BCUT2D eigenvalue weighted by molar-refractivity contribution is 5.86. The molecule has 2 N–H and O–H groups in total. The monoisotopic (exact) mass is 337 g/mol. The fraction of sp³-hybridized carbons (Fsp3) is 0.611. The summed E-state index contributed by atoms with van der Waals surface area (Å²) >= 11 is 0. The van der Waals surface area contributed by atoms with Crippen LogP contribution in [-0.2, 0) is 11.2 Å². The first-order chi connectivity index (χ1) is 10.7. The lowest BCUT2D eigenvalue weighted by Gasteiger charge is -2.38. The van der Waals surface area contributed by atoms with Crippen molar-refractivity contribution < 1.29 is 4.79 Å². The second kappa shape index (κ2) is 7.91. The number of nitrogen functional groups attached to an aromatic ring is 1. The van der Waals surface area contributed by atoms with Crippen molar-refractivity contribution in [1.82, 2.24) is 4.90 Å². The maximum absolute atomic E-state index is 12.9. The number of nitrogens with zero attached hydrogens (tertiary/aromatic N) is 2. The van der Waals surface area contributed by atoms with Gasteiger partial charge in [0.1, 0.15) is 6.04 Å². The number of carbonyl (C=O) groups excluding carboxylic acids is 1. The highest BCUT2D eigenvalue weighted by Gasteiger charge is 2.29. The van der Waals surface area contributed by atoms with Gasteiger partial charge in [0.2, 0.25) is 5.91 Å². The van der Waals surface area contributed by atoms with Crippen molar-refractivity contribution in [3.8, 4) is 0 Å². The Morgan fingerprint density at radius 2 is 1.78 bits per heavy atom. The quantitative estimate of drug-likeness (QED) is 0.843. The van der Waals surface area contributed by atoms with Gasteiger partial charge in [-0.15, -0.1) is 12.4 Å². The molecule has 0 aromatic heterocycles. The van der Waals surface area contributed by atoms with Crippen LogP contribution in [0.15, 0.2) is 18.2 Å². The van der Waals surface area contributed by atoms with Crippen LogP contribution in [0, 0.1) is 0 Å². The Labute approximate surface area is 145 Å². The molecule has 1 amide bonds. The molecular weight excluding hydrogens is 310 g/mol. The maximum atomic E-state index is 12.9. The van der Waals surface area contributed by atoms with Gasteiger partial charge >= 0.3 is 0 Å². The van der Waals surface area contributed by atoms with Gasteiger partial charge in [-0.3, -0.25) is 4.79 Å². The van der Waals surface area contributed by atoms with Gasteiger partial charge in [-0.1, -0.05) is 18.9 Å². The molecule has 1 aromatic rings. The number of hydrogen-bond donors (Lipinski definition) is 1. The molecule has 1 aromatic carbocycles. The van der Waals surface area contributed by atoms with Crippen molar-refractivity contribution in [2.24, 2.45) is 0 Å². The zero-order valence-corrected chi connectivity index (χ0v) is 14.8. The number of amides is 1. The van der Waals surface area contributed by atoms with Gasteiger partial charge in [0, 0.05) is 31.0 Å². The molecule has 0 radical (unpaired) electrons. The van der Waals surface area contributed by atoms with Gasteiger partial charge in [-0.2, -0.15) is 0 Å². The van der Waals surface area contributed by atoms with Crippen LogP contribution in [0.3, 0.4) is 0 Å². The fourth-order valence-electron chi connectivity index (χ4n) is 3.77. The summed E-state index contributed by atoms with van der Waals surface area (Å²) in [6.07, 6.45) is 6.87. The van der Waals surface area contributed by atoms with Crippen LogP contribution in [0.2, 0.25) is 0 Å². The van der Waals surface area contributed by atoms with E-state index in [1.54, 1.807) is 0 Å². The minimum Gasteiger partial charge on any atom is -0.398 e. The lowest BCUT2D eigenvalue weighted by Crippen LogP contribution is -2.49. The molecule has 1 saturated heterocycles. The van der Waals surface area contributed by atoms with E-state index < -0.39 is 0 Å². The van der Waals surface area contributed by atoms with Crippen molar-refractivity contribution >= 4 is 29.7 Å². The second-order valence-corrected chi connectivity index (χ2v) is 6.56. The standard InChI is InChI=1S/C18H27N3O.ClH/c1-14(18(22)20-11-4-2-3-5-12-20)21-13-7-8-15-16(19)9-6-10-17(15)21;/h6,9-10,14H,2-5,7-8,11-13,19H2,1H3;1H. The topological polar surface area (TPSA) is 49.6 Å². The van der Waals surface area contributed by atoms with E-state index in [-0.39, 0.29) is 24.4 Å². The smallest absolute Gasteiger partial charge is 0.244 e. The van der Waals surface area contributed by atoms with Crippen LogP contribution in [0.25, 0.3) is 0 Å². The number of carbonyl (C=O) groups is 1. The first-order valence-electron chi connectivity index (χ1n) is 8.61. The number of fused-ring (bicyclic) bond motifs is 1. The third kappa shape index (κ3) is 3.74. The Balaban J connectivity index is 0.00000192. The van der Waals surface area contributed by atoms with Crippen molar-refractivity contribution in [2.75, 3.05) is 30.3 Å². The first-order valence-corrected chi connectivity index (χ1v) is 8.61. The first kappa shape index (κ1) is 17.9. The molecule has 128 valence electrons.